The maximum atomic E-state index is 12.9. The van der Waals surface area contributed by atoms with E-state index in [2.05, 4.69) is 10.0 Å². The standard InChI is InChI=1S/C9H9F2N3O3/c10-5-1-4(2-6(15)8(5)11)9(17)7(16)3-13-14-12/h1-2,7,9,15-17H,3H2. The van der Waals surface area contributed by atoms with Gasteiger partial charge in [0.05, 0.1) is 12.6 Å². The van der Waals surface area contributed by atoms with E-state index in [-0.39, 0.29) is 5.56 Å². The zero-order chi connectivity index (χ0) is 13.0. The molecule has 0 aliphatic carbocycles. The Labute approximate surface area is 94.4 Å². The molecule has 8 heteroatoms. The van der Waals surface area contributed by atoms with Crippen LogP contribution in [0.15, 0.2) is 17.2 Å². The van der Waals surface area contributed by atoms with E-state index in [0.717, 1.165) is 6.07 Å². The lowest BCUT2D eigenvalue weighted by molar-refractivity contribution is 0.0240. The van der Waals surface area contributed by atoms with E-state index in [9.17, 15) is 19.0 Å². The van der Waals surface area contributed by atoms with E-state index in [4.69, 9.17) is 10.6 Å². The number of nitrogens with zero attached hydrogens (tertiary/aromatic N) is 3. The van der Waals surface area contributed by atoms with Crippen LogP contribution < -0.4 is 0 Å². The molecule has 2 atom stereocenters. The van der Waals surface area contributed by atoms with Gasteiger partial charge in [0.25, 0.3) is 0 Å². The monoisotopic (exact) mass is 245 g/mol. The van der Waals surface area contributed by atoms with Gasteiger partial charge in [-0.15, -0.1) is 0 Å². The molecule has 0 heterocycles. The normalized spacial score (nSPS) is 13.9. The fraction of sp³-hybridized carbons (Fsp3) is 0.333. The van der Waals surface area contributed by atoms with Crippen LogP contribution in [0.5, 0.6) is 5.75 Å². The van der Waals surface area contributed by atoms with E-state index in [1.54, 1.807) is 0 Å². The van der Waals surface area contributed by atoms with Gasteiger partial charge in [-0.3, -0.25) is 0 Å². The second kappa shape index (κ2) is 5.44. The van der Waals surface area contributed by atoms with Gasteiger partial charge in [0, 0.05) is 4.91 Å². The van der Waals surface area contributed by atoms with Gasteiger partial charge in [0.2, 0.25) is 0 Å². The Balaban J connectivity index is 2.96. The molecule has 0 aliphatic heterocycles. The molecule has 3 N–H and O–H groups in total. The number of aliphatic hydroxyl groups excluding tert-OH is 2. The van der Waals surface area contributed by atoms with Crippen molar-refractivity contribution in [2.24, 2.45) is 5.11 Å². The summed E-state index contributed by atoms with van der Waals surface area (Å²) in [5.41, 5.74) is 7.79. The van der Waals surface area contributed by atoms with Gasteiger partial charge in [-0.05, 0) is 23.2 Å². The number of phenols is 1. The van der Waals surface area contributed by atoms with Gasteiger partial charge in [-0.1, -0.05) is 5.11 Å². The van der Waals surface area contributed by atoms with Crippen LogP contribution in [0.25, 0.3) is 10.4 Å². The highest BCUT2D eigenvalue weighted by Gasteiger charge is 2.21. The molecule has 0 radical (unpaired) electrons. The Morgan fingerprint density at radius 3 is 2.53 bits per heavy atom. The van der Waals surface area contributed by atoms with Crippen LogP contribution in [0.1, 0.15) is 11.7 Å². The summed E-state index contributed by atoms with van der Waals surface area (Å²) < 4.78 is 25.6. The third-order valence-electron chi connectivity index (χ3n) is 2.07. The van der Waals surface area contributed by atoms with Crippen molar-refractivity contribution in [2.45, 2.75) is 12.2 Å². The van der Waals surface area contributed by atoms with Gasteiger partial charge in [0.15, 0.2) is 17.4 Å². The smallest absolute Gasteiger partial charge is 0.200 e. The fourth-order valence-corrected chi connectivity index (χ4v) is 1.21. The minimum absolute atomic E-state index is 0.220. The molecule has 0 amide bonds. The lowest BCUT2D eigenvalue weighted by atomic mass is 10.0. The minimum Gasteiger partial charge on any atom is -0.505 e. The van der Waals surface area contributed by atoms with Crippen LogP contribution in [0.2, 0.25) is 0 Å². The Morgan fingerprint density at radius 2 is 2.00 bits per heavy atom. The molecule has 6 nitrogen and oxygen atoms in total. The van der Waals surface area contributed by atoms with Gasteiger partial charge in [-0.2, -0.15) is 4.39 Å². The molecule has 0 saturated carbocycles. The first-order valence-electron chi connectivity index (χ1n) is 4.52. The number of rotatable bonds is 4. The molecular formula is C9H9F2N3O3. The van der Waals surface area contributed by atoms with Crippen molar-refractivity contribution in [3.8, 4) is 5.75 Å². The Morgan fingerprint density at radius 1 is 1.35 bits per heavy atom. The molecule has 0 aromatic heterocycles. The Bertz CT molecular complexity index is 440. The predicted octanol–water partition coefficient (Wildman–Crippen LogP) is 1.37. The summed E-state index contributed by atoms with van der Waals surface area (Å²) in [5, 5.41) is 30.9. The zero-order valence-electron chi connectivity index (χ0n) is 8.46. The maximum absolute atomic E-state index is 12.9. The largest absolute Gasteiger partial charge is 0.505 e. The highest BCUT2D eigenvalue weighted by Crippen LogP contribution is 2.26. The van der Waals surface area contributed by atoms with Crippen LogP contribution in [-0.4, -0.2) is 28.0 Å². The van der Waals surface area contributed by atoms with Crippen LogP contribution in [0.4, 0.5) is 8.78 Å². The lowest BCUT2D eigenvalue weighted by Crippen LogP contribution is -2.21. The number of hydrogen-bond acceptors (Lipinski definition) is 4. The van der Waals surface area contributed by atoms with Crippen molar-refractivity contribution in [1.82, 2.24) is 0 Å². The van der Waals surface area contributed by atoms with Crippen LogP contribution in [0.3, 0.4) is 0 Å². The van der Waals surface area contributed by atoms with Crippen molar-refractivity contribution in [2.75, 3.05) is 6.54 Å². The number of aliphatic hydroxyl groups is 2. The Hall–Kier alpha value is -1.89. The van der Waals surface area contributed by atoms with Gasteiger partial charge in [0.1, 0.15) is 6.10 Å². The zero-order valence-corrected chi connectivity index (χ0v) is 8.46. The van der Waals surface area contributed by atoms with Crippen molar-refractivity contribution in [3.05, 3.63) is 39.8 Å². The summed E-state index contributed by atoms with van der Waals surface area (Å²) in [6.45, 7) is -0.433. The molecule has 0 spiro atoms. The van der Waals surface area contributed by atoms with Crippen molar-refractivity contribution in [3.63, 3.8) is 0 Å². The highest BCUT2D eigenvalue weighted by molar-refractivity contribution is 5.32. The molecule has 17 heavy (non-hydrogen) atoms. The Kier molecular flexibility index (Phi) is 4.22. The molecule has 1 rings (SSSR count). The molecule has 92 valence electrons. The second-order valence-corrected chi connectivity index (χ2v) is 3.26. The quantitative estimate of drug-likeness (QED) is 0.423. The van der Waals surface area contributed by atoms with E-state index in [1.807, 2.05) is 0 Å². The first-order chi connectivity index (χ1) is 7.97. The number of azide groups is 1. The number of halogens is 2. The molecule has 0 saturated heterocycles. The number of hydrogen-bond donors (Lipinski definition) is 3. The predicted molar refractivity (Wildman–Crippen MR) is 53.0 cm³/mol. The topological polar surface area (TPSA) is 109 Å². The SMILES string of the molecule is [N-]=[N+]=NCC(O)C(O)c1cc(O)c(F)c(F)c1. The summed E-state index contributed by atoms with van der Waals surface area (Å²) in [6, 6.07) is 1.42. The molecule has 0 bridgehead atoms. The molecule has 0 aliphatic rings. The average molecular weight is 245 g/mol. The fourth-order valence-electron chi connectivity index (χ4n) is 1.21. The summed E-state index contributed by atoms with van der Waals surface area (Å²) in [7, 11) is 0. The van der Waals surface area contributed by atoms with E-state index < -0.39 is 36.1 Å². The first-order valence-corrected chi connectivity index (χ1v) is 4.52. The van der Waals surface area contributed by atoms with E-state index >= 15 is 0 Å². The van der Waals surface area contributed by atoms with Crippen LogP contribution >= 0.6 is 0 Å². The van der Waals surface area contributed by atoms with Crippen LogP contribution in [0, 0.1) is 11.6 Å². The van der Waals surface area contributed by atoms with Gasteiger partial charge >= 0.3 is 0 Å². The van der Waals surface area contributed by atoms with E-state index in [1.165, 1.54) is 0 Å². The summed E-state index contributed by atoms with van der Waals surface area (Å²) in [4.78, 5) is 2.37. The summed E-state index contributed by atoms with van der Waals surface area (Å²) >= 11 is 0. The van der Waals surface area contributed by atoms with Gasteiger partial charge < -0.3 is 15.3 Å². The van der Waals surface area contributed by atoms with E-state index in [0.29, 0.717) is 6.07 Å². The average Bonchev–Trinajstić information content (AvgIpc) is 2.31. The number of aromatic hydroxyl groups is 1. The third-order valence-corrected chi connectivity index (χ3v) is 2.07. The second-order valence-electron chi connectivity index (χ2n) is 3.26. The highest BCUT2D eigenvalue weighted by atomic mass is 19.2. The molecule has 0 fully saturated rings. The lowest BCUT2D eigenvalue weighted by Gasteiger charge is -2.16. The van der Waals surface area contributed by atoms with Crippen LogP contribution in [-0.2, 0) is 0 Å². The van der Waals surface area contributed by atoms with Crippen molar-refractivity contribution >= 4 is 0 Å². The van der Waals surface area contributed by atoms with Crippen molar-refractivity contribution < 1.29 is 24.1 Å². The van der Waals surface area contributed by atoms with Gasteiger partial charge in [-0.25, -0.2) is 4.39 Å². The summed E-state index contributed by atoms with van der Waals surface area (Å²) in [5.74, 6) is -3.77. The number of benzene rings is 1. The third kappa shape index (κ3) is 3.04. The maximum Gasteiger partial charge on any atom is 0.200 e. The minimum atomic E-state index is -1.60. The molecule has 1 aromatic carbocycles. The first kappa shape index (κ1) is 13.2. The molecule has 2 unspecified atom stereocenters. The molecular weight excluding hydrogens is 236 g/mol. The van der Waals surface area contributed by atoms with Crippen molar-refractivity contribution in [1.29, 1.82) is 0 Å². The number of phenolic OH excluding ortho intramolecular Hbond substituents is 1. The molecule has 1 aromatic rings. The summed E-state index contributed by atoms with van der Waals surface area (Å²) in [6.07, 6.45) is -3.07.